The summed E-state index contributed by atoms with van der Waals surface area (Å²) in [4.78, 5) is 5.19. The molecule has 9 rings (SSSR count). The Kier molecular flexibility index (Phi) is 7.16. The number of hydrogen-bond acceptors (Lipinski definition) is 2. The highest BCUT2D eigenvalue weighted by atomic mass is 32.2. The lowest BCUT2D eigenvalue weighted by atomic mass is 9.75. The van der Waals surface area contributed by atoms with Gasteiger partial charge in [-0.1, -0.05) is 161 Å². The van der Waals surface area contributed by atoms with Crippen molar-refractivity contribution in [2.24, 2.45) is 0 Å². The predicted octanol–water partition coefficient (Wildman–Crippen LogP) is 13.6. The van der Waals surface area contributed by atoms with Crippen LogP contribution >= 0.6 is 11.8 Å². The van der Waals surface area contributed by atoms with Crippen LogP contribution in [0, 0.1) is 0 Å². The Morgan fingerprint density at radius 3 is 1.48 bits per heavy atom. The van der Waals surface area contributed by atoms with Crippen LogP contribution in [-0.4, -0.2) is 0 Å². The standard InChI is InChI=1S/C48H39NS/c1-47(2)40-17-11-12-18-44(40)50-46-42(47)30-29-41-45(46)39-28-27-38(31-43(39)48(41,3)4)49(36-23-19-34(20-24-36)32-13-7-5-8-14-32)37-25-21-35(22-26-37)33-15-9-6-10-16-33/h5-31H,1-4H3. The molecule has 1 aliphatic carbocycles. The number of nitrogens with zero attached hydrogens (tertiary/aromatic N) is 1. The normalized spacial score (nSPS) is 14.6. The zero-order valence-corrected chi connectivity index (χ0v) is 29.8. The maximum atomic E-state index is 2.45. The van der Waals surface area contributed by atoms with Crippen LogP contribution in [0.15, 0.2) is 174 Å². The molecule has 0 unspecified atom stereocenters. The number of anilines is 3. The summed E-state index contributed by atoms with van der Waals surface area (Å²) in [6, 6.07) is 60.1. The van der Waals surface area contributed by atoms with Gasteiger partial charge < -0.3 is 4.90 Å². The second-order valence-corrected chi connectivity index (χ2v) is 15.7. The lowest BCUT2D eigenvalue weighted by molar-refractivity contribution is 0.604. The van der Waals surface area contributed by atoms with E-state index in [1.807, 2.05) is 11.8 Å². The Labute approximate surface area is 300 Å². The summed E-state index contributed by atoms with van der Waals surface area (Å²) in [6.07, 6.45) is 0. The van der Waals surface area contributed by atoms with Gasteiger partial charge in [-0.2, -0.15) is 0 Å². The predicted molar refractivity (Wildman–Crippen MR) is 212 cm³/mol. The van der Waals surface area contributed by atoms with Crippen LogP contribution in [0.5, 0.6) is 0 Å². The van der Waals surface area contributed by atoms with Crippen LogP contribution < -0.4 is 4.90 Å². The van der Waals surface area contributed by atoms with Crippen molar-refractivity contribution in [3.63, 3.8) is 0 Å². The molecule has 0 atom stereocenters. The molecule has 0 spiro atoms. The van der Waals surface area contributed by atoms with Crippen molar-refractivity contribution in [1.82, 2.24) is 0 Å². The van der Waals surface area contributed by atoms with Gasteiger partial charge in [0.2, 0.25) is 0 Å². The first kappa shape index (κ1) is 30.7. The summed E-state index contributed by atoms with van der Waals surface area (Å²) in [7, 11) is 0. The van der Waals surface area contributed by atoms with Gasteiger partial charge in [0.05, 0.1) is 0 Å². The molecule has 0 aromatic heterocycles. The van der Waals surface area contributed by atoms with Crippen molar-refractivity contribution in [1.29, 1.82) is 0 Å². The highest BCUT2D eigenvalue weighted by Crippen LogP contribution is 2.59. The van der Waals surface area contributed by atoms with Crippen molar-refractivity contribution >= 4 is 28.8 Å². The Balaban J connectivity index is 1.18. The van der Waals surface area contributed by atoms with Gasteiger partial charge in [0.15, 0.2) is 0 Å². The summed E-state index contributed by atoms with van der Waals surface area (Å²) >= 11 is 1.95. The molecule has 242 valence electrons. The second kappa shape index (κ2) is 11.6. The van der Waals surface area contributed by atoms with E-state index < -0.39 is 0 Å². The Hall–Kier alpha value is -5.31. The van der Waals surface area contributed by atoms with Crippen molar-refractivity contribution in [2.45, 2.75) is 48.3 Å². The van der Waals surface area contributed by atoms with Crippen LogP contribution in [0.2, 0.25) is 0 Å². The summed E-state index contributed by atoms with van der Waals surface area (Å²) < 4.78 is 0. The Morgan fingerprint density at radius 1 is 0.400 bits per heavy atom. The number of rotatable bonds is 5. The van der Waals surface area contributed by atoms with Crippen molar-refractivity contribution in [2.75, 3.05) is 4.90 Å². The molecule has 50 heavy (non-hydrogen) atoms. The van der Waals surface area contributed by atoms with Crippen molar-refractivity contribution in [3.05, 3.63) is 186 Å². The third-order valence-corrected chi connectivity index (χ3v) is 12.2. The molecule has 1 nitrogen and oxygen atoms in total. The first-order chi connectivity index (χ1) is 24.3. The van der Waals surface area contributed by atoms with Gasteiger partial charge in [-0.15, -0.1) is 0 Å². The van der Waals surface area contributed by atoms with Gasteiger partial charge in [0, 0.05) is 43.2 Å². The van der Waals surface area contributed by atoms with Gasteiger partial charge in [-0.25, -0.2) is 0 Å². The third-order valence-electron chi connectivity index (χ3n) is 10.9. The van der Waals surface area contributed by atoms with E-state index in [4.69, 9.17) is 0 Å². The molecule has 0 bridgehead atoms. The first-order valence-corrected chi connectivity index (χ1v) is 18.3. The van der Waals surface area contributed by atoms with E-state index in [9.17, 15) is 0 Å². The fourth-order valence-corrected chi connectivity index (χ4v) is 9.72. The van der Waals surface area contributed by atoms with Gasteiger partial charge in [0.25, 0.3) is 0 Å². The molecule has 2 heteroatoms. The molecular formula is C48H39NS. The lowest BCUT2D eigenvalue weighted by Gasteiger charge is -2.36. The van der Waals surface area contributed by atoms with Gasteiger partial charge in [-0.05, 0) is 92.5 Å². The molecule has 0 N–H and O–H groups in total. The molecule has 0 saturated heterocycles. The van der Waals surface area contributed by atoms with E-state index in [0.717, 1.165) is 17.1 Å². The summed E-state index contributed by atoms with van der Waals surface area (Å²) in [5.74, 6) is 0. The van der Waals surface area contributed by atoms with E-state index in [1.54, 1.807) is 0 Å². The summed E-state index contributed by atoms with van der Waals surface area (Å²) in [5.41, 5.74) is 16.5. The molecule has 0 amide bonds. The van der Waals surface area contributed by atoms with Crippen LogP contribution in [0.25, 0.3) is 33.4 Å². The monoisotopic (exact) mass is 661 g/mol. The Morgan fingerprint density at radius 2 is 0.880 bits per heavy atom. The minimum atomic E-state index is -0.141. The molecule has 0 saturated carbocycles. The van der Waals surface area contributed by atoms with E-state index in [-0.39, 0.29) is 10.8 Å². The van der Waals surface area contributed by atoms with Crippen molar-refractivity contribution in [3.8, 4) is 33.4 Å². The van der Waals surface area contributed by atoms with Gasteiger partial charge in [0.1, 0.15) is 0 Å². The SMILES string of the molecule is CC1(C)c2ccccc2Sc2c1ccc1c2-c2ccc(N(c3ccc(-c4ccccc4)cc3)c3ccc(-c4ccccc4)cc3)cc2C1(C)C. The number of benzene rings is 7. The highest BCUT2D eigenvalue weighted by Gasteiger charge is 2.42. The Bertz CT molecular complexity index is 2290. The third kappa shape index (κ3) is 4.85. The molecule has 7 aromatic carbocycles. The average Bonchev–Trinajstić information content (AvgIpc) is 3.39. The lowest BCUT2D eigenvalue weighted by Crippen LogP contribution is -2.24. The molecule has 0 fully saturated rings. The van der Waals surface area contributed by atoms with Crippen molar-refractivity contribution < 1.29 is 0 Å². The topological polar surface area (TPSA) is 3.24 Å². The van der Waals surface area contributed by atoms with Crippen LogP contribution in [0.1, 0.15) is 49.9 Å². The van der Waals surface area contributed by atoms with E-state index in [2.05, 4.69) is 196 Å². The maximum Gasteiger partial charge on any atom is 0.0465 e. The minimum Gasteiger partial charge on any atom is -0.310 e. The molecule has 0 radical (unpaired) electrons. The van der Waals surface area contributed by atoms with E-state index >= 15 is 0 Å². The summed E-state index contributed by atoms with van der Waals surface area (Å²) in [5, 5.41) is 0. The van der Waals surface area contributed by atoms with Gasteiger partial charge >= 0.3 is 0 Å². The van der Waals surface area contributed by atoms with Gasteiger partial charge in [-0.3, -0.25) is 0 Å². The fourth-order valence-electron chi connectivity index (χ4n) is 8.16. The van der Waals surface area contributed by atoms with E-state index in [1.165, 1.54) is 65.4 Å². The quantitative estimate of drug-likeness (QED) is 0.181. The smallest absolute Gasteiger partial charge is 0.0465 e. The maximum absolute atomic E-state index is 2.45. The van der Waals surface area contributed by atoms with E-state index in [0.29, 0.717) is 0 Å². The summed E-state index contributed by atoms with van der Waals surface area (Å²) in [6.45, 7) is 9.55. The molecule has 1 heterocycles. The second-order valence-electron chi connectivity index (χ2n) is 14.6. The zero-order valence-electron chi connectivity index (χ0n) is 28.9. The molecule has 2 aliphatic rings. The average molecular weight is 662 g/mol. The minimum absolute atomic E-state index is 0.0618. The first-order valence-electron chi connectivity index (χ1n) is 17.5. The molecular weight excluding hydrogens is 623 g/mol. The molecule has 7 aromatic rings. The zero-order chi connectivity index (χ0) is 34.0. The van der Waals surface area contributed by atoms with Crippen LogP contribution in [0.3, 0.4) is 0 Å². The largest absolute Gasteiger partial charge is 0.310 e. The highest BCUT2D eigenvalue weighted by molar-refractivity contribution is 7.99. The molecule has 1 aliphatic heterocycles. The van der Waals surface area contributed by atoms with Crippen LogP contribution in [-0.2, 0) is 10.8 Å². The number of hydrogen-bond donors (Lipinski definition) is 0. The number of fused-ring (bicyclic) bond motifs is 6. The fraction of sp³-hybridized carbons (Fsp3) is 0.125. The van der Waals surface area contributed by atoms with Crippen LogP contribution in [0.4, 0.5) is 17.1 Å².